The van der Waals surface area contributed by atoms with Crippen LogP contribution < -0.4 is 10.6 Å². The van der Waals surface area contributed by atoms with Gasteiger partial charge < -0.3 is 10.6 Å². The predicted molar refractivity (Wildman–Crippen MR) is 92.4 cm³/mol. The van der Waals surface area contributed by atoms with Crippen molar-refractivity contribution >= 4 is 23.2 Å². The summed E-state index contributed by atoms with van der Waals surface area (Å²) >= 11 is 5.83. The first kappa shape index (κ1) is 16.9. The zero-order valence-electron chi connectivity index (χ0n) is 12.7. The van der Waals surface area contributed by atoms with Crippen molar-refractivity contribution in [2.75, 3.05) is 18.4 Å². The molecule has 2 aromatic rings. The van der Waals surface area contributed by atoms with Crippen LogP contribution in [0.15, 0.2) is 48.5 Å². The van der Waals surface area contributed by atoms with Crippen LogP contribution in [-0.2, 0) is 11.2 Å². The summed E-state index contributed by atoms with van der Waals surface area (Å²) in [6.45, 7) is 1.16. The molecule has 118 valence electrons. The topological polar surface area (TPSA) is 64.9 Å². The van der Waals surface area contributed by atoms with Crippen LogP contribution in [0.4, 0.5) is 5.69 Å². The lowest BCUT2D eigenvalue weighted by Gasteiger charge is -2.08. The van der Waals surface area contributed by atoms with E-state index >= 15 is 0 Å². The molecule has 0 aliphatic heterocycles. The highest BCUT2D eigenvalue weighted by atomic mass is 35.5. The Kier molecular flexibility index (Phi) is 6.46. The lowest BCUT2D eigenvalue weighted by Crippen LogP contribution is -2.27. The number of carbonyl (C=O) groups excluding carboxylic acids is 1. The third-order valence-corrected chi connectivity index (χ3v) is 3.60. The van der Waals surface area contributed by atoms with Crippen molar-refractivity contribution in [2.45, 2.75) is 12.8 Å². The molecule has 2 N–H and O–H groups in total. The van der Waals surface area contributed by atoms with Crippen LogP contribution in [0.2, 0.25) is 5.02 Å². The Balaban J connectivity index is 1.63. The first-order valence-corrected chi connectivity index (χ1v) is 7.80. The molecule has 1 amide bonds. The maximum atomic E-state index is 11.8. The van der Waals surface area contributed by atoms with E-state index in [4.69, 9.17) is 16.9 Å². The molecule has 4 nitrogen and oxygen atoms in total. The van der Waals surface area contributed by atoms with Crippen molar-refractivity contribution < 1.29 is 4.79 Å². The summed E-state index contributed by atoms with van der Waals surface area (Å²) in [7, 11) is 0. The van der Waals surface area contributed by atoms with Gasteiger partial charge in [-0.3, -0.25) is 4.79 Å². The summed E-state index contributed by atoms with van der Waals surface area (Å²) in [6, 6.07) is 16.8. The lowest BCUT2D eigenvalue weighted by atomic mass is 10.1. The smallest absolute Gasteiger partial charge is 0.221 e. The number of anilines is 1. The Labute approximate surface area is 141 Å². The zero-order valence-corrected chi connectivity index (χ0v) is 13.4. The summed E-state index contributed by atoms with van der Waals surface area (Å²) < 4.78 is 0. The predicted octanol–water partition coefficient (Wildman–Crippen LogP) is 3.37. The van der Waals surface area contributed by atoms with E-state index in [2.05, 4.69) is 16.7 Å². The molecule has 0 unspecified atom stereocenters. The van der Waals surface area contributed by atoms with E-state index in [0.29, 0.717) is 30.1 Å². The first-order valence-electron chi connectivity index (χ1n) is 7.42. The molecule has 0 aromatic heterocycles. The molecule has 0 aliphatic rings. The molecule has 0 atom stereocenters. The molecule has 0 bridgehead atoms. The van der Waals surface area contributed by atoms with Gasteiger partial charge in [0.25, 0.3) is 0 Å². The second-order valence-corrected chi connectivity index (χ2v) is 5.53. The molecule has 5 heteroatoms. The van der Waals surface area contributed by atoms with Crippen molar-refractivity contribution in [3.05, 3.63) is 64.7 Å². The van der Waals surface area contributed by atoms with Gasteiger partial charge in [-0.25, -0.2) is 0 Å². The van der Waals surface area contributed by atoms with Gasteiger partial charge in [-0.05, 0) is 48.4 Å². The molecule has 2 rings (SSSR count). The standard InChI is InChI=1S/C18H18ClN3O/c19-16-5-1-14(2-6-16)9-11-22-18(23)10-12-21-17-7-3-15(13-20)4-8-17/h1-8,21H,9-12H2,(H,22,23). The quantitative estimate of drug-likeness (QED) is 0.819. The number of halogens is 1. The largest absolute Gasteiger partial charge is 0.385 e. The second kappa shape index (κ2) is 8.82. The molecule has 0 spiro atoms. The monoisotopic (exact) mass is 327 g/mol. The van der Waals surface area contributed by atoms with Crippen molar-refractivity contribution in [2.24, 2.45) is 0 Å². The maximum Gasteiger partial charge on any atom is 0.221 e. The fraction of sp³-hybridized carbons (Fsp3) is 0.222. The van der Waals surface area contributed by atoms with Gasteiger partial charge in [-0.15, -0.1) is 0 Å². The molecule has 2 aromatic carbocycles. The van der Waals surface area contributed by atoms with Gasteiger partial charge in [0.05, 0.1) is 11.6 Å². The van der Waals surface area contributed by atoms with E-state index in [-0.39, 0.29) is 5.91 Å². The maximum absolute atomic E-state index is 11.8. The average Bonchev–Trinajstić information content (AvgIpc) is 2.57. The van der Waals surface area contributed by atoms with Crippen molar-refractivity contribution in [1.82, 2.24) is 5.32 Å². The highest BCUT2D eigenvalue weighted by Gasteiger charge is 2.01. The highest BCUT2D eigenvalue weighted by molar-refractivity contribution is 6.30. The van der Waals surface area contributed by atoms with E-state index in [1.54, 1.807) is 12.1 Å². The number of nitrogens with one attached hydrogen (secondary N) is 2. The molecule has 0 radical (unpaired) electrons. The summed E-state index contributed by atoms with van der Waals surface area (Å²) in [5.41, 5.74) is 2.67. The lowest BCUT2D eigenvalue weighted by molar-refractivity contribution is -0.120. The van der Waals surface area contributed by atoms with Gasteiger partial charge in [0.15, 0.2) is 0 Å². The third kappa shape index (κ3) is 6.01. The molecule has 0 heterocycles. The fourth-order valence-corrected chi connectivity index (χ4v) is 2.19. The van der Waals surface area contributed by atoms with Crippen molar-refractivity contribution in [1.29, 1.82) is 5.26 Å². The molecular weight excluding hydrogens is 310 g/mol. The Morgan fingerprint density at radius 2 is 1.74 bits per heavy atom. The average molecular weight is 328 g/mol. The molecule has 0 saturated carbocycles. The summed E-state index contributed by atoms with van der Waals surface area (Å²) in [4.78, 5) is 11.8. The number of hydrogen-bond acceptors (Lipinski definition) is 3. The molecule has 23 heavy (non-hydrogen) atoms. The number of hydrogen-bond donors (Lipinski definition) is 2. The minimum atomic E-state index is 0.0140. The van der Waals surface area contributed by atoms with Crippen LogP contribution in [0.3, 0.4) is 0 Å². The van der Waals surface area contributed by atoms with Crippen molar-refractivity contribution in [3.63, 3.8) is 0 Å². The number of carbonyl (C=O) groups is 1. The van der Waals surface area contributed by atoms with E-state index in [0.717, 1.165) is 17.7 Å². The minimum Gasteiger partial charge on any atom is -0.385 e. The Bertz CT molecular complexity index is 675. The summed E-state index contributed by atoms with van der Waals surface area (Å²) in [5, 5.41) is 15.5. The van der Waals surface area contributed by atoms with Crippen LogP contribution in [0.25, 0.3) is 0 Å². The fourth-order valence-electron chi connectivity index (χ4n) is 2.07. The number of benzene rings is 2. The molecule has 0 fully saturated rings. The number of nitriles is 1. The van der Waals surface area contributed by atoms with Gasteiger partial charge in [-0.2, -0.15) is 5.26 Å². The summed E-state index contributed by atoms with van der Waals surface area (Å²) in [5.74, 6) is 0.0140. The van der Waals surface area contributed by atoms with E-state index in [1.165, 1.54) is 0 Å². The number of amides is 1. The molecule has 0 aliphatic carbocycles. The number of rotatable bonds is 7. The minimum absolute atomic E-state index is 0.0140. The molecule has 0 saturated heterocycles. The van der Waals surface area contributed by atoms with E-state index < -0.39 is 0 Å². The van der Waals surface area contributed by atoms with Crippen LogP contribution >= 0.6 is 11.6 Å². The Hall–Kier alpha value is -2.51. The Morgan fingerprint density at radius 1 is 1.04 bits per heavy atom. The summed E-state index contributed by atoms with van der Waals surface area (Å²) in [6.07, 6.45) is 1.19. The van der Waals surface area contributed by atoms with Crippen molar-refractivity contribution in [3.8, 4) is 6.07 Å². The van der Waals surface area contributed by atoms with Gasteiger partial charge in [0, 0.05) is 30.2 Å². The van der Waals surface area contributed by atoms with Gasteiger partial charge in [-0.1, -0.05) is 23.7 Å². The number of nitrogens with zero attached hydrogens (tertiary/aromatic N) is 1. The Morgan fingerprint density at radius 3 is 2.39 bits per heavy atom. The van der Waals surface area contributed by atoms with E-state index in [1.807, 2.05) is 36.4 Å². The van der Waals surface area contributed by atoms with Gasteiger partial charge >= 0.3 is 0 Å². The normalized spacial score (nSPS) is 9.91. The van der Waals surface area contributed by atoms with Crippen LogP contribution in [-0.4, -0.2) is 19.0 Å². The van der Waals surface area contributed by atoms with Crippen LogP contribution in [0.5, 0.6) is 0 Å². The highest BCUT2D eigenvalue weighted by Crippen LogP contribution is 2.10. The van der Waals surface area contributed by atoms with Crippen LogP contribution in [0.1, 0.15) is 17.5 Å². The van der Waals surface area contributed by atoms with Gasteiger partial charge in [0.2, 0.25) is 5.91 Å². The first-order chi connectivity index (χ1) is 11.2. The third-order valence-electron chi connectivity index (χ3n) is 3.34. The van der Waals surface area contributed by atoms with Crippen LogP contribution in [0, 0.1) is 11.3 Å². The van der Waals surface area contributed by atoms with E-state index in [9.17, 15) is 4.79 Å². The zero-order chi connectivity index (χ0) is 16.5. The SMILES string of the molecule is N#Cc1ccc(NCCC(=O)NCCc2ccc(Cl)cc2)cc1. The molecular formula is C18H18ClN3O. The van der Waals surface area contributed by atoms with Gasteiger partial charge in [0.1, 0.15) is 0 Å². The second-order valence-electron chi connectivity index (χ2n) is 5.09.